The topological polar surface area (TPSA) is 83.7 Å². The third-order valence-corrected chi connectivity index (χ3v) is 5.64. The van der Waals surface area contributed by atoms with Crippen molar-refractivity contribution < 1.29 is 14.4 Å². The van der Waals surface area contributed by atoms with Gasteiger partial charge in [0.15, 0.2) is 0 Å². The van der Waals surface area contributed by atoms with E-state index in [0.29, 0.717) is 48.2 Å². The Morgan fingerprint density at radius 1 is 1.08 bits per heavy atom. The molecular weight excluding hydrogens is 365 g/mol. The number of carbonyl (C=O) groups excluding carboxylic acids is 3. The summed E-state index contributed by atoms with van der Waals surface area (Å²) in [6, 6.07) is 4.99. The smallest absolute Gasteiger partial charge is 0.228 e. The molecule has 0 saturated carbocycles. The Hall–Kier alpha value is -1.79. The molecule has 0 spiro atoms. The number of primary amides is 1. The van der Waals surface area contributed by atoms with Gasteiger partial charge in [-0.2, -0.15) is 0 Å². The monoisotopic (exact) mass is 383 g/mol. The van der Waals surface area contributed by atoms with Gasteiger partial charge in [0, 0.05) is 37.7 Å². The molecule has 2 N–H and O–H groups in total. The van der Waals surface area contributed by atoms with Crippen molar-refractivity contribution in [3.05, 3.63) is 28.2 Å². The number of hydrogen-bond donors (Lipinski definition) is 1. The molecule has 1 aromatic carbocycles. The molecule has 1 atom stereocenters. The lowest BCUT2D eigenvalue weighted by Gasteiger charge is -2.32. The van der Waals surface area contributed by atoms with Crippen LogP contribution in [-0.2, 0) is 14.4 Å². The first-order chi connectivity index (χ1) is 11.9. The fourth-order valence-electron chi connectivity index (χ4n) is 3.42. The summed E-state index contributed by atoms with van der Waals surface area (Å²) in [6.07, 6.45) is 1.34. The van der Waals surface area contributed by atoms with Gasteiger partial charge in [-0.1, -0.05) is 23.2 Å². The van der Waals surface area contributed by atoms with Gasteiger partial charge in [0.25, 0.3) is 0 Å². The number of piperidine rings is 1. The van der Waals surface area contributed by atoms with Gasteiger partial charge < -0.3 is 15.5 Å². The fourth-order valence-corrected chi connectivity index (χ4v) is 3.71. The zero-order valence-electron chi connectivity index (χ0n) is 13.6. The van der Waals surface area contributed by atoms with Gasteiger partial charge in [0.05, 0.1) is 16.0 Å². The summed E-state index contributed by atoms with van der Waals surface area (Å²) in [5.74, 6) is -1.01. The van der Waals surface area contributed by atoms with Crippen LogP contribution in [0, 0.1) is 11.8 Å². The maximum Gasteiger partial charge on any atom is 0.228 e. The third-order valence-electron chi connectivity index (χ3n) is 4.90. The van der Waals surface area contributed by atoms with Crippen LogP contribution >= 0.6 is 23.2 Å². The van der Waals surface area contributed by atoms with Crippen molar-refractivity contribution in [2.75, 3.05) is 24.5 Å². The molecule has 25 heavy (non-hydrogen) atoms. The summed E-state index contributed by atoms with van der Waals surface area (Å²) in [4.78, 5) is 39.6. The van der Waals surface area contributed by atoms with E-state index in [-0.39, 0.29) is 36.0 Å². The Morgan fingerprint density at radius 2 is 1.76 bits per heavy atom. The predicted octanol–water partition coefficient (Wildman–Crippen LogP) is 2.07. The normalized spacial score (nSPS) is 21.7. The van der Waals surface area contributed by atoms with E-state index in [9.17, 15) is 14.4 Å². The van der Waals surface area contributed by atoms with Gasteiger partial charge in [-0.3, -0.25) is 14.4 Å². The van der Waals surface area contributed by atoms with Crippen molar-refractivity contribution in [2.45, 2.75) is 19.3 Å². The highest BCUT2D eigenvalue weighted by atomic mass is 35.5. The van der Waals surface area contributed by atoms with Crippen LogP contribution in [0.3, 0.4) is 0 Å². The van der Waals surface area contributed by atoms with E-state index in [2.05, 4.69) is 0 Å². The van der Waals surface area contributed by atoms with Gasteiger partial charge in [-0.15, -0.1) is 0 Å². The summed E-state index contributed by atoms with van der Waals surface area (Å²) in [7, 11) is 0. The number of benzene rings is 1. The van der Waals surface area contributed by atoms with Gasteiger partial charge in [-0.25, -0.2) is 0 Å². The van der Waals surface area contributed by atoms with E-state index in [1.807, 2.05) is 0 Å². The maximum atomic E-state index is 12.7. The Morgan fingerprint density at radius 3 is 2.36 bits per heavy atom. The fraction of sp³-hybridized carbons (Fsp3) is 0.471. The molecule has 3 rings (SSSR count). The molecule has 1 aromatic rings. The summed E-state index contributed by atoms with van der Waals surface area (Å²) < 4.78 is 0. The van der Waals surface area contributed by atoms with Crippen molar-refractivity contribution in [3.63, 3.8) is 0 Å². The molecule has 0 aliphatic carbocycles. The SMILES string of the molecule is NC(=O)C1CCN(C(=O)C2CC(=O)N(c3ccc(Cl)c(Cl)c3)C2)CC1. The Kier molecular flexibility index (Phi) is 5.20. The Bertz CT molecular complexity index is 717. The van der Waals surface area contributed by atoms with Gasteiger partial charge in [0.1, 0.15) is 0 Å². The van der Waals surface area contributed by atoms with Gasteiger partial charge >= 0.3 is 0 Å². The lowest BCUT2D eigenvalue weighted by molar-refractivity contribution is -0.138. The van der Waals surface area contributed by atoms with E-state index in [0.717, 1.165) is 0 Å². The maximum absolute atomic E-state index is 12.7. The molecule has 134 valence electrons. The van der Waals surface area contributed by atoms with Gasteiger partial charge in [-0.05, 0) is 31.0 Å². The molecule has 0 radical (unpaired) electrons. The standard InChI is InChI=1S/C17H19Cl2N3O3/c18-13-2-1-12(8-14(13)19)22-9-11(7-15(22)23)17(25)21-5-3-10(4-6-21)16(20)24/h1-2,8,10-11H,3-7,9H2,(H2,20,24). The second-order valence-electron chi connectivity index (χ2n) is 6.51. The van der Waals surface area contributed by atoms with Crippen LogP contribution in [0.5, 0.6) is 0 Å². The third kappa shape index (κ3) is 3.75. The molecular formula is C17H19Cl2N3O3. The summed E-state index contributed by atoms with van der Waals surface area (Å²) in [5, 5.41) is 0.789. The van der Waals surface area contributed by atoms with E-state index >= 15 is 0 Å². The zero-order chi connectivity index (χ0) is 18.1. The number of amides is 3. The largest absolute Gasteiger partial charge is 0.369 e. The highest BCUT2D eigenvalue weighted by Gasteiger charge is 2.38. The van der Waals surface area contributed by atoms with E-state index in [1.54, 1.807) is 28.0 Å². The molecule has 2 fully saturated rings. The molecule has 6 nitrogen and oxygen atoms in total. The minimum atomic E-state index is -0.382. The second kappa shape index (κ2) is 7.22. The van der Waals surface area contributed by atoms with Crippen LogP contribution in [0.25, 0.3) is 0 Å². The molecule has 0 bridgehead atoms. The molecule has 1 unspecified atom stereocenters. The van der Waals surface area contributed by atoms with E-state index < -0.39 is 0 Å². The number of nitrogens with two attached hydrogens (primary N) is 1. The molecule has 3 amide bonds. The van der Waals surface area contributed by atoms with Crippen molar-refractivity contribution in [1.29, 1.82) is 0 Å². The van der Waals surface area contributed by atoms with Crippen LogP contribution in [0.15, 0.2) is 18.2 Å². The molecule has 2 saturated heterocycles. The van der Waals surface area contributed by atoms with Crippen LogP contribution in [0.2, 0.25) is 10.0 Å². The first kappa shape index (κ1) is 18.0. The summed E-state index contributed by atoms with van der Waals surface area (Å²) >= 11 is 11.9. The van der Waals surface area contributed by atoms with Crippen LogP contribution in [0.1, 0.15) is 19.3 Å². The van der Waals surface area contributed by atoms with Crippen LogP contribution < -0.4 is 10.6 Å². The van der Waals surface area contributed by atoms with Crippen molar-refractivity contribution in [3.8, 4) is 0 Å². The lowest BCUT2D eigenvalue weighted by atomic mass is 9.95. The first-order valence-corrected chi connectivity index (χ1v) is 8.96. The average molecular weight is 384 g/mol. The van der Waals surface area contributed by atoms with Crippen molar-refractivity contribution in [1.82, 2.24) is 4.90 Å². The van der Waals surface area contributed by atoms with Crippen molar-refractivity contribution >= 4 is 46.6 Å². The lowest BCUT2D eigenvalue weighted by Crippen LogP contribution is -2.44. The summed E-state index contributed by atoms with van der Waals surface area (Å²) in [5.41, 5.74) is 5.96. The van der Waals surface area contributed by atoms with Crippen molar-refractivity contribution in [2.24, 2.45) is 17.6 Å². The van der Waals surface area contributed by atoms with E-state index in [4.69, 9.17) is 28.9 Å². The molecule has 8 heteroatoms. The molecule has 2 aliphatic rings. The Balaban J connectivity index is 1.65. The minimum absolute atomic E-state index is 0.0427. The van der Waals surface area contributed by atoms with E-state index in [1.165, 1.54) is 0 Å². The quantitative estimate of drug-likeness (QED) is 0.866. The Labute approximate surface area is 155 Å². The minimum Gasteiger partial charge on any atom is -0.369 e. The van der Waals surface area contributed by atoms with Gasteiger partial charge in [0.2, 0.25) is 17.7 Å². The zero-order valence-corrected chi connectivity index (χ0v) is 15.1. The number of halogens is 2. The predicted molar refractivity (Wildman–Crippen MR) is 95.4 cm³/mol. The molecule has 0 aromatic heterocycles. The molecule has 2 aliphatic heterocycles. The number of likely N-dealkylation sites (tertiary alicyclic amines) is 1. The highest BCUT2D eigenvalue weighted by molar-refractivity contribution is 6.42. The highest BCUT2D eigenvalue weighted by Crippen LogP contribution is 2.32. The average Bonchev–Trinajstić information content (AvgIpc) is 2.98. The number of hydrogen-bond acceptors (Lipinski definition) is 3. The summed E-state index contributed by atoms with van der Waals surface area (Å²) in [6.45, 7) is 1.33. The number of nitrogens with zero attached hydrogens (tertiary/aromatic N) is 2. The number of rotatable bonds is 3. The number of carbonyl (C=O) groups is 3. The van der Waals surface area contributed by atoms with Crippen LogP contribution in [0.4, 0.5) is 5.69 Å². The molecule has 2 heterocycles. The second-order valence-corrected chi connectivity index (χ2v) is 7.32. The number of anilines is 1. The first-order valence-electron chi connectivity index (χ1n) is 8.20. The van der Waals surface area contributed by atoms with Crippen LogP contribution in [-0.4, -0.2) is 42.3 Å².